The SMILES string of the molecule is COc1ccc(C)cc1NC(=O)CN1C=CSCC1=O. The summed E-state index contributed by atoms with van der Waals surface area (Å²) in [5.41, 5.74) is 1.63. The van der Waals surface area contributed by atoms with Crippen molar-refractivity contribution in [2.24, 2.45) is 0 Å². The summed E-state index contributed by atoms with van der Waals surface area (Å²) < 4.78 is 5.20. The molecule has 0 saturated carbocycles. The van der Waals surface area contributed by atoms with Crippen molar-refractivity contribution < 1.29 is 14.3 Å². The van der Waals surface area contributed by atoms with E-state index in [2.05, 4.69) is 5.32 Å². The Bertz CT molecular complexity index is 557. The number of aryl methyl sites for hydroxylation is 1. The number of hydrogen-bond donors (Lipinski definition) is 1. The van der Waals surface area contributed by atoms with E-state index in [1.54, 1.807) is 19.4 Å². The normalized spacial score (nSPS) is 14.3. The highest BCUT2D eigenvalue weighted by atomic mass is 32.2. The van der Waals surface area contributed by atoms with Crippen LogP contribution in [-0.2, 0) is 9.59 Å². The number of rotatable bonds is 4. The fraction of sp³-hybridized carbons (Fsp3) is 0.286. The Hall–Kier alpha value is -1.95. The first-order chi connectivity index (χ1) is 9.60. The van der Waals surface area contributed by atoms with E-state index in [1.807, 2.05) is 24.5 Å². The predicted molar refractivity (Wildman–Crippen MR) is 79.7 cm³/mol. The molecule has 1 aromatic rings. The van der Waals surface area contributed by atoms with Gasteiger partial charge in [0.1, 0.15) is 12.3 Å². The first-order valence-electron chi connectivity index (χ1n) is 6.12. The van der Waals surface area contributed by atoms with Crippen LogP contribution < -0.4 is 10.1 Å². The summed E-state index contributed by atoms with van der Waals surface area (Å²) in [6, 6.07) is 5.54. The maximum absolute atomic E-state index is 12.0. The highest BCUT2D eigenvalue weighted by Crippen LogP contribution is 2.25. The summed E-state index contributed by atoms with van der Waals surface area (Å²) in [4.78, 5) is 25.0. The minimum atomic E-state index is -0.251. The van der Waals surface area contributed by atoms with Crippen molar-refractivity contribution in [3.63, 3.8) is 0 Å². The van der Waals surface area contributed by atoms with Gasteiger partial charge in [0, 0.05) is 6.20 Å². The van der Waals surface area contributed by atoms with Crippen molar-refractivity contribution in [3.8, 4) is 5.75 Å². The number of carbonyl (C=O) groups excluding carboxylic acids is 2. The van der Waals surface area contributed by atoms with Crippen molar-refractivity contribution in [2.45, 2.75) is 6.92 Å². The number of anilines is 1. The van der Waals surface area contributed by atoms with Gasteiger partial charge in [-0.3, -0.25) is 9.59 Å². The van der Waals surface area contributed by atoms with Crippen LogP contribution in [0.5, 0.6) is 5.75 Å². The third kappa shape index (κ3) is 3.54. The van der Waals surface area contributed by atoms with Crippen molar-refractivity contribution in [1.29, 1.82) is 0 Å². The quantitative estimate of drug-likeness (QED) is 0.922. The summed E-state index contributed by atoms with van der Waals surface area (Å²) in [6.07, 6.45) is 1.63. The smallest absolute Gasteiger partial charge is 0.244 e. The number of methoxy groups -OCH3 is 1. The molecule has 1 aliphatic heterocycles. The Labute approximate surface area is 122 Å². The van der Waals surface area contributed by atoms with Gasteiger partial charge in [0.25, 0.3) is 0 Å². The molecule has 0 aromatic heterocycles. The Balaban J connectivity index is 2.04. The number of nitrogens with zero attached hydrogens (tertiary/aromatic N) is 1. The maximum atomic E-state index is 12.0. The Morgan fingerprint density at radius 1 is 1.50 bits per heavy atom. The second-order valence-electron chi connectivity index (χ2n) is 4.37. The Morgan fingerprint density at radius 3 is 3.00 bits per heavy atom. The van der Waals surface area contributed by atoms with Crippen LogP contribution in [-0.4, -0.2) is 36.1 Å². The van der Waals surface area contributed by atoms with E-state index in [9.17, 15) is 9.59 Å². The van der Waals surface area contributed by atoms with E-state index in [0.717, 1.165) is 5.56 Å². The van der Waals surface area contributed by atoms with Crippen LogP contribution in [0.2, 0.25) is 0 Å². The molecule has 1 aliphatic rings. The van der Waals surface area contributed by atoms with Crippen LogP contribution in [0, 0.1) is 6.92 Å². The largest absolute Gasteiger partial charge is 0.495 e. The number of thioether (sulfide) groups is 1. The number of hydrogen-bond acceptors (Lipinski definition) is 4. The van der Waals surface area contributed by atoms with Gasteiger partial charge in [-0.05, 0) is 30.0 Å². The zero-order chi connectivity index (χ0) is 14.5. The first-order valence-corrected chi connectivity index (χ1v) is 7.17. The van der Waals surface area contributed by atoms with E-state index in [0.29, 0.717) is 17.2 Å². The highest BCUT2D eigenvalue weighted by Gasteiger charge is 2.18. The summed E-state index contributed by atoms with van der Waals surface area (Å²) in [7, 11) is 1.55. The molecule has 20 heavy (non-hydrogen) atoms. The molecular formula is C14H16N2O3S. The summed E-state index contributed by atoms with van der Waals surface area (Å²) >= 11 is 1.42. The lowest BCUT2D eigenvalue weighted by Gasteiger charge is -2.20. The lowest BCUT2D eigenvalue weighted by molar-refractivity contribution is -0.129. The Morgan fingerprint density at radius 2 is 2.30 bits per heavy atom. The van der Waals surface area contributed by atoms with Crippen molar-refractivity contribution in [1.82, 2.24) is 4.90 Å². The Kier molecular flexibility index (Phi) is 4.68. The molecule has 5 nitrogen and oxygen atoms in total. The molecule has 6 heteroatoms. The van der Waals surface area contributed by atoms with Gasteiger partial charge in [-0.15, -0.1) is 11.8 Å². The third-order valence-electron chi connectivity index (χ3n) is 2.81. The topological polar surface area (TPSA) is 58.6 Å². The van der Waals surface area contributed by atoms with Crippen molar-refractivity contribution in [2.75, 3.05) is 24.7 Å². The van der Waals surface area contributed by atoms with E-state index in [4.69, 9.17) is 4.74 Å². The molecule has 1 heterocycles. The standard InChI is InChI=1S/C14H16N2O3S/c1-10-3-4-12(19-2)11(7-10)15-13(17)8-16-5-6-20-9-14(16)18/h3-7H,8-9H2,1-2H3,(H,15,17). The molecule has 1 N–H and O–H groups in total. The van der Waals surface area contributed by atoms with Crippen LogP contribution >= 0.6 is 11.8 Å². The average molecular weight is 292 g/mol. The summed E-state index contributed by atoms with van der Waals surface area (Å²) in [6.45, 7) is 1.94. The third-order valence-corrected chi connectivity index (χ3v) is 3.53. The van der Waals surface area contributed by atoms with Crippen LogP contribution in [0.4, 0.5) is 5.69 Å². The van der Waals surface area contributed by atoms with Gasteiger partial charge in [0.05, 0.1) is 18.6 Å². The molecule has 0 unspecified atom stereocenters. The van der Waals surface area contributed by atoms with Gasteiger partial charge in [0.2, 0.25) is 11.8 Å². The zero-order valence-electron chi connectivity index (χ0n) is 11.4. The van der Waals surface area contributed by atoms with Crippen LogP contribution in [0.3, 0.4) is 0 Å². The first kappa shape index (κ1) is 14.5. The molecule has 0 saturated heterocycles. The zero-order valence-corrected chi connectivity index (χ0v) is 12.2. The lowest BCUT2D eigenvalue weighted by atomic mass is 10.2. The van der Waals surface area contributed by atoms with Gasteiger partial charge in [-0.1, -0.05) is 6.07 Å². The van der Waals surface area contributed by atoms with Crippen LogP contribution in [0.25, 0.3) is 0 Å². The highest BCUT2D eigenvalue weighted by molar-refractivity contribution is 8.02. The number of ether oxygens (including phenoxy) is 1. The minimum Gasteiger partial charge on any atom is -0.495 e. The van der Waals surface area contributed by atoms with Gasteiger partial charge >= 0.3 is 0 Å². The molecule has 0 radical (unpaired) electrons. The second-order valence-corrected chi connectivity index (χ2v) is 5.26. The molecule has 0 aliphatic carbocycles. The number of amides is 2. The summed E-state index contributed by atoms with van der Waals surface area (Å²) in [5.74, 6) is 0.653. The molecular weight excluding hydrogens is 276 g/mol. The van der Waals surface area contributed by atoms with Gasteiger partial charge in [-0.2, -0.15) is 0 Å². The molecule has 2 rings (SSSR count). The second kappa shape index (κ2) is 6.47. The molecule has 1 aromatic carbocycles. The van der Waals surface area contributed by atoms with E-state index < -0.39 is 0 Å². The lowest BCUT2D eigenvalue weighted by Crippen LogP contribution is -2.36. The maximum Gasteiger partial charge on any atom is 0.244 e. The average Bonchev–Trinajstić information content (AvgIpc) is 2.41. The van der Waals surface area contributed by atoms with Gasteiger partial charge < -0.3 is 15.0 Å². The number of nitrogens with one attached hydrogen (secondary N) is 1. The van der Waals surface area contributed by atoms with E-state index in [1.165, 1.54) is 16.7 Å². The molecule has 0 fully saturated rings. The van der Waals surface area contributed by atoms with Crippen LogP contribution in [0.1, 0.15) is 5.56 Å². The van der Waals surface area contributed by atoms with Crippen molar-refractivity contribution in [3.05, 3.63) is 35.4 Å². The monoisotopic (exact) mass is 292 g/mol. The molecule has 0 spiro atoms. The van der Waals surface area contributed by atoms with Crippen molar-refractivity contribution >= 4 is 29.3 Å². The number of benzene rings is 1. The fourth-order valence-electron chi connectivity index (χ4n) is 1.81. The van der Waals surface area contributed by atoms with Crippen LogP contribution in [0.15, 0.2) is 29.8 Å². The molecule has 0 bridgehead atoms. The predicted octanol–water partition coefficient (Wildman–Crippen LogP) is 1.99. The summed E-state index contributed by atoms with van der Waals surface area (Å²) in [5, 5.41) is 4.58. The molecule has 2 amide bonds. The van der Waals surface area contributed by atoms with Gasteiger partial charge in [0.15, 0.2) is 0 Å². The van der Waals surface area contributed by atoms with E-state index >= 15 is 0 Å². The minimum absolute atomic E-state index is 0.00693. The van der Waals surface area contributed by atoms with E-state index in [-0.39, 0.29) is 18.4 Å². The number of carbonyl (C=O) groups is 2. The molecule has 106 valence electrons. The molecule has 0 atom stereocenters. The van der Waals surface area contributed by atoms with Gasteiger partial charge in [-0.25, -0.2) is 0 Å². The fourth-order valence-corrected chi connectivity index (χ4v) is 2.44.